The van der Waals surface area contributed by atoms with Gasteiger partial charge in [0.15, 0.2) is 0 Å². The molecule has 0 unspecified atom stereocenters. The Kier molecular flexibility index (Phi) is 2.72. The highest BCUT2D eigenvalue weighted by atomic mass is 16.5. The van der Waals surface area contributed by atoms with Crippen molar-refractivity contribution >= 4 is 0 Å². The van der Waals surface area contributed by atoms with Gasteiger partial charge in [0.25, 0.3) is 0 Å². The van der Waals surface area contributed by atoms with E-state index in [0.717, 1.165) is 5.56 Å². The number of nitrogens with zero attached hydrogens (tertiary/aromatic N) is 3. The topological polar surface area (TPSA) is 70.3 Å². The van der Waals surface area contributed by atoms with Crippen LogP contribution in [0.3, 0.4) is 0 Å². The van der Waals surface area contributed by atoms with Crippen LogP contribution in [-0.2, 0) is 0 Å². The number of aryl methyl sites for hydroxylation is 1. The quantitative estimate of drug-likeness (QED) is 0.781. The largest absolute Gasteiger partial charge is 0.480 e. The van der Waals surface area contributed by atoms with E-state index in [1.807, 2.05) is 6.92 Å². The highest BCUT2D eigenvalue weighted by molar-refractivity contribution is 5.66. The van der Waals surface area contributed by atoms with E-state index in [1.54, 1.807) is 12.5 Å². The van der Waals surface area contributed by atoms with Crippen molar-refractivity contribution in [1.82, 2.24) is 15.1 Å². The van der Waals surface area contributed by atoms with Crippen LogP contribution in [0.5, 0.6) is 11.9 Å². The summed E-state index contributed by atoms with van der Waals surface area (Å²) in [6, 6.07) is 0.252. The van der Waals surface area contributed by atoms with Gasteiger partial charge in [-0.25, -0.2) is 4.98 Å². The van der Waals surface area contributed by atoms with Gasteiger partial charge in [-0.05, 0) is 6.92 Å². The molecule has 0 aliphatic heterocycles. The van der Waals surface area contributed by atoms with Gasteiger partial charge in [0.05, 0.1) is 19.8 Å². The molecule has 0 N–H and O–H groups in total. The lowest BCUT2D eigenvalue weighted by molar-refractivity contribution is 0.352. The number of hydrogen-bond donors (Lipinski definition) is 0. The fourth-order valence-corrected chi connectivity index (χ4v) is 1.31. The van der Waals surface area contributed by atoms with Gasteiger partial charge >= 0.3 is 6.01 Å². The lowest BCUT2D eigenvalue weighted by Crippen LogP contribution is -1.98. The molecule has 0 amide bonds. The van der Waals surface area contributed by atoms with Gasteiger partial charge in [-0.2, -0.15) is 4.98 Å². The molecular weight excluding hydrogens is 210 g/mol. The van der Waals surface area contributed by atoms with Crippen LogP contribution < -0.4 is 9.47 Å². The third kappa shape index (κ3) is 1.69. The predicted octanol–water partition coefficient (Wildman–Crippen LogP) is 1.46. The average molecular weight is 221 g/mol. The van der Waals surface area contributed by atoms with Gasteiger partial charge in [-0.3, -0.25) is 0 Å². The maximum absolute atomic E-state index is 5.15. The first-order valence-electron chi connectivity index (χ1n) is 4.62. The second-order valence-electron chi connectivity index (χ2n) is 3.13. The number of aromatic nitrogens is 3. The minimum Gasteiger partial charge on any atom is -0.480 e. The summed E-state index contributed by atoms with van der Waals surface area (Å²) in [5.74, 6) is 0.406. The summed E-state index contributed by atoms with van der Waals surface area (Å²) >= 11 is 0. The Bertz CT molecular complexity index is 496. The Morgan fingerprint density at radius 1 is 1.25 bits per heavy atom. The molecule has 0 aliphatic rings. The van der Waals surface area contributed by atoms with E-state index in [1.165, 1.54) is 14.2 Å². The first-order valence-corrected chi connectivity index (χ1v) is 4.62. The second kappa shape index (κ2) is 4.18. The van der Waals surface area contributed by atoms with E-state index in [4.69, 9.17) is 14.0 Å². The average Bonchev–Trinajstić information content (AvgIpc) is 2.74. The number of ether oxygens (including phenoxy) is 2. The van der Waals surface area contributed by atoms with E-state index in [-0.39, 0.29) is 6.01 Å². The lowest BCUT2D eigenvalue weighted by atomic mass is 10.1. The summed E-state index contributed by atoms with van der Waals surface area (Å²) in [4.78, 5) is 8.08. The van der Waals surface area contributed by atoms with Gasteiger partial charge in [-0.1, -0.05) is 5.16 Å². The van der Waals surface area contributed by atoms with Crippen molar-refractivity contribution in [3.05, 3.63) is 18.0 Å². The molecule has 84 valence electrons. The smallest absolute Gasteiger partial charge is 0.319 e. The second-order valence-corrected chi connectivity index (χ2v) is 3.13. The highest BCUT2D eigenvalue weighted by Crippen LogP contribution is 2.29. The molecule has 16 heavy (non-hydrogen) atoms. The van der Waals surface area contributed by atoms with Crippen LogP contribution >= 0.6 is 0 Å². The summed E-state index contributed by atoms with van der Waals surface area (Å²) in [5, 5.41) is 3.87. The standard InChI is InChI=1S/C10H11N3O3/c1-6-5-16-13-8(6)7-4-11-10(15-3)12-9(7)14-2/h4-5H,1-3H3. The van der Waals surface area contributed by atoms with Gasteiger partial charge in [0.2, 0.25) is 5.88 Å². The molecule has 0 atom stereocenters. The zero-order valence-electron chi connectivity index (χ0n) is 9.22. The van der Waals surface area contributed by atoms with Gasteiger partial charge < -0.3 is 14.0 Å². The first-order chi connectivity index (χ1) is 7.76. The van der Waals surface area contributed by atoms with Crippen molar-refractivity contribution in [3.63, 3.8) is 0 Å². The molecule has 2 aromatic heterocycles. The van der Waals surface area contributed by atoms with E-state index < -0.39 is 0 Å². The monoisotopic (exact) mass is 221 g/mol. The molecule has 2 rings (SSSR count). The van der Waals surface area contributed by atoms with Gasteiger partial charge in [-0.15, -0.1) is 0 Å². The fraction of sp³-hybridized carbons (Fsp3) is 0.300. The van der Waals surface area contributed by atoms with Crippen LogP contribution in [-0.4, -0.2) is 29.3 Å². The Balaban J connectivity index is 2.53. The van der Waals surface area contributed by atoms with Crippen molar-refractivity contribution in [1.29, 1.82) is 0 Å². The molecule has 6 nitrogen and oxygen atoms in total. The van der Waals surface area contributed by atoms with Crippen molar-refractivity contribution in [2.24, 2.45) is 0 Å². The minimum absolute atomic E-state index is 0.252. The molecule has 0 aliphatic carbocycles. The number of hydrogen-bond acceptors (Lipinski definition) is 6. The van der Waals surface area contributed by atoms with Crippen LogP contribution in [0, 0.1) is 6.92 Å². The van der Waals surface area contributed by atoms with Crippen molar-refractivity contribution in [2.75, 3.05) is 14.2 Å². The molecule has 0 saturated heterocycles. The van der Waals surface area contributed by atoms with E-state index >= 15 is 0 Å². The van der Waals surface area contributed by atoms with Crippen LogP contribution in [0.2, 0.25) is 0 Å². The van der Waals surface area contributed by atoms with E-state index in [2.05, 4.69) is 15.1 Å². The van der Waals surface area contributed by atoms with E-state index in [0.29, 0.717) is 17.1 Å². The highest BCUT2D eigenvalue weighted by Gasteiger charge is 2.15. The van der Waals surface area contributed by atoms with Crippen molar-refractivity contribution in [2.45, 2.75) is 6.92 Å². The third-order valence-electron chi connectivity index (χ3n) is 2.11. The molecule has 0 aromatic carbocycles. The molecular formula is C10H11N3O3. The summed E-state index contributed by atoms with van der Waals surface area (Å²) in [6.45, 7) is 1.88. The molecule has 2 heterocycles. The van der Waals surface area contributed by atoms with Crippen LogP contribution in [0.4, 0.5) is 0 Å². The Morgan fingerprint density at radius 3 is 2.62 bits per heavy atom. The van der Waals surface area contributed by atoms with Crippen molar-refractivity contribution in [3.8, 4) is 23.1 Å². The molecule has 0 radical (unpaired) electrons. The Morgan fingerprint density at radius 2 is 2.06 bits per heavy atom. The van der Waals surface area contributed by atoms with Gasteiger partial charge in [0.1, 0.15) is 12.0 Å². The number of methoxy groups -OCH3 is 2. The maximum Gasteiger partial charge on any atom is 0.319 e. The van der Waals surface area contributed by atoms with Crippen molar-refractivity contribution < 1.29 is 14.0 Å². The first kappa shape index (κ1) is 10.4. The predicted molar refractivity (Wildman–Crippen MR) is 55.4 cm³/mol. The van der Waals surface area contributed by atoms with Crippen LogP contribution in [0.25, 0.3) is 11.3 Å². The molecule has 2 aromatic rings. The Hall–Kier alpha value is -2.11. The third-order valence-corrected chi connectivity index (χ3v) is 2.11. The SMILES string of the molecule is COc1ncc(-c2nocc2C)c(OC)n1. The zero-order valence-corrected chi connectivity index (χ0v) is 9.22. The summed E-state index contributed by atoms with van der Waals surface area (Å²) in [6.07, 6.45) is 3.15. The molecule has 0 spiro atoms. The number of rotatable bonds is 3. The minimum atomic E-state index is 0.252. The molecule has 0 bridgehead atoms. The summed E-state index contributed by atoms with van der Waals surface area (Å²) in [7, 11) is 3.02. The van der Waals surface area contributed by atoms with Crippen LogP contribution in [0.15, 0.2) is 17.0 Å². The molecule has 0 fully saturated rings. The van der Waals surface area contributed by atoms with Gasteiger partial charge in [0, 0.05) is 11.8 Å². The molecule has 0 saturated carbocycles. The van der Waals surface area contributed by atoms with E-state index in [9.17, 15) is 0 Å². The lowest BCUT2D eigenvalue weighted by Gasteiger charge is -2.06. The zero-order chi connectivity index (χ0) is 11.5. The van der Waals surface area contributed by atoms with Crippen LogP contribution in [0.1, 0.15) is 5.56 Å². The fourth-order valence-electron chi connectivity index (χ4n) is 1.31. The summed E-state index contributed by atoms with van der Waals surface area (Å²) < 4.78 is 14.9. The molecule has 6 heteroatoms. The normalized spacial score (nSPS) is 10.2. The summed E-state index contributed by atoms with van der Waals surface area (Å²) in [5.41, 5.74) is 2.24. The Labute approximate surface area is 92.2 Å². The maximum atomic E-state index is 5.15.